The molecule has 0 amide bonds. The molecule has 2 aromatic rings. The molecule has 0 aliphatic carbocycles. The Labute approximate surface area is 91.9 Å². The number of nitrogens with zero attached hydrogens (tertiary/aromatic N) is 1. The van der Waals surface area contributed by atoms with E-state index in [2.05, 4.69) is 4.98 Å². The van der Waals surface area contributed by atoms with E-state index in [4.69, 9.17) is 4.74 Å². The van der Waals surface area contributed by atoms with Crippen molar-refractivity contribution in [3.8, 4) is 0 Å². The lowest BCUT2D eigenvalue weighted by molar-refractivity contribution is 0.0528. The van der Waals surface area contributed by atoms with E-state index in [-0.39, 0.29) is 12.2 Å². The Balaban J connectivity index is 2.63. The van der Waals surface area contributed by atoms with Crippen LogP contribution in [0.15, 0.2) is 30.6 Å². The van der Waals surface area contributed by atoms with Crippen LogP contribution in [-0.4, -0.2) is 17.6 Å². The zero-order valence-electron chi connectivity index (χ0n) is 8.74. The summed E-state index contributed by atoms with van der Waals surface area (Å²) in [6, 6.07) is 4.18. The molecule has 3 nitrogen and oxygen atoms in total. The summed E-state index contributed by atoms with van der Waals surface area (Å²) in [6.07, 6.45) is 3.08. The standard InChI is InChI=1S/C12H10FNO2/c1-2-16-12(15)10-6-9(13)5-8-3-4-14-7-11(8)10/h3-7H,2H2,1H3. The van der Waals surface area contributed by atoms with Gasteiger partial charge >= 0.3 is 5.97 Å². The predicted octanol–water partition coefficient (Wildman–Crippen LogP) is 2.55. The zero-order valence-corrected chi connectivity index (χ0v) is 8.74. The fourth-order valence-electron chi connectivity index (χ4n) is 1.54. The van der Waals surface area contributed by atoms with Crippen molar-refractivity contribution in [2.75, 3.05) is 6.61 Å². The van der Waals surface area contributed by atoms with Gasteiger partial charge in [-0.1, -0.05) is 0 Å². The van der Waals surface area contributed by atoms with Crippen LogP contribution < -0.4 is 0 Å². The molecule has 0 saturated heterocycles. The van der Waals surface area contributed by atoms with E-state index in [1.165, 1.54) is 18.3 Å². The number of fused-ring (bicyclic) bond motifs is 1. The van der Waals surface area contributed by atoms with E-state index in [9.17, 15) is 9.18 Å². The Kier molecular flexibility index (Phi) is 2.81. The summed E-state index contributed by atoms with van der Waals surface area (Å²) < 4.78 is 18.1. The Morgan fingerprint density at radius 2 is 2.31 bits per heavy atom. The number of esters is 1. The van der Waals surface area contributed by atoms with Crippen LogP contribution in [-0.2, 0) is 4.74 Å². The topological polar surface area (TPSA) is 39.2 Å². The van der Waals surface area contributed by atoms with Crippen LogP contribution in [0.3, 0.4) is 0 Å². The highest BCUT2D eigenvalue weighted by Crippen LogP contribution is 2.20. The molecule has 0 radical (unpaired) electrons. The highest BCUT2D eigenvalue weighted by atomic mass is 19.1. The molecule has 0 unspecified atom stereocenters. The van der Waals surface area contributed by atoms with Crippen LogP contribution >= 0.6 is 0 Å². The minimum Gasteiger partial charge on any atom is -0.462 e. The molecule has 1 heterocycles. The molecule has 1 aromatic heterocycles. The number of rotatable bonds is 2. The Hall–Kier alpha value is -1.97. The average molecular weight is 219 g/mol. The lowest BCUT2D eigenvalue weighted by Crippen LogP contribution is -2.06. The summed E-state index contributed by atoms with van der Waals surface area (Å²) in [7, 11) is 0. The number of hydrogen-bond donors (Lipinski definition) is 0. The first-order valence-corrected chi connectivity index (χ1v) is 4.92. The van der Waals surface area contributed by atoms with Crippen LogP contribution in [0.1, 0.15) is 17.3 Å². The second kappa shape index (κ2) is 4.26. The third-order valence-electron chi connectivity index (χ3n) is 2.22. The summed E-state index contributed by atoms with van der Waals surface area (Å²) in [5.41, 5.74) is 0.213. The van der Waals surface area contributed by atoms with Crippen LogP contribution in [0.5, 0.6) is 0 Å². The van der Waals surface area contributed by atoms with E-state index < -0.39 is 11.8 Å². The molecular weight excluding hydrogens is 209 g/mol. The molecule has 0 saturated carbocycles. The lowest BCUT2D eigenvalue weighted by Gasteiger charge is -2.05. The molecule has 4 heteroatoms. The number of pyridine rings is 1. The van der Waals surface area contributed by atoms with E-state index >= 15 is 0 Å². The Bertz CT molecular complexity index is 540. The first kappa shape index (κ1) is 10.5. The summed E-state index contributed by atoms with van der Waals surface area (Å²) in [6.45, 7) is 1.97. The summed E-state index contributed by atoms with van der Waals surface area (Å²) in [4.78, 5) is 15.5. The highest BCUT2D eigenvalue weighted by molar-refractivity contribution is 6.04. The van der Waals surface area contributed by atoms with Gasteiger partial charge in [-0.05, 0) is 30.5 Å². The largest absolute Gasteiger partial charge is 0.462 e. The van der Waals surface area contributed by atoms with Crippen molar-refractivity contribution in [3.63, 3.8) is 0 Å². The first-order chi connectivity index (χ1) is 7.72. The summed E-state index contributed by atoms with van der Waals surface area (Å²) >= 11 is 0. The maximum Gasteiger partial charge on any atom is 0.338 e. The Morgan fingerprint density at radius 1 is 1.50 bits per heavy atom. The van der Waals surface area contributed by atoms with Gasteiger partial charge in [0.1, 0.15) is 5.82 Å². The van der Waals surface area contributed by atoms with Crippen LogP contribution in [0, 0.1) is 5.82 Å². The number of aromatic nitrogens is 1. The average Bonchev–Trinajstić information content (AvgIpc) is 2.28. The molecule has 0 aliphatic heterocycles. The number of carbonyl (C=O) groups is 1. The van der Waals surface area contributed by atoms with Gasteiger partial charge in [-0.3, -0.25) is 4.98 Å². The summed E-state index contributed by atoms with van der Waals surface area (Å²) in [5.74, 6) is -0.984. The monoisotopic (exact) mass is 219 g/mol. The quantitative estimate of drug-likeness (QED) is 0.728. The summed E-state index contributed by atoms with van der Waals surface area (Å²) in [5, 5.41) is 1.24. The molecular formula is C12H10FNO2. The van der Waals surface area contributed by atoms with Crippen molar-refractivity contribution >= 4 is 16.7 Å². The van der Waals surface area contributed by atoms with Gasteiger partial charge in [0.25, 0.3) is 0 Å². The van der Waals surface area contributed by atoms with Crippen molar-refractivity contribution < 1.29 is 13.9 Å². The smallest absolute Gasteiger partial charge is 0.338 e. The molecule has 82 valence electrons. The van der Waals surface area contributed by atoms with Crippen LogP contribution in [0.25, 0.3) is 10.8 Å². The van der Waals surface area contributed by atoms with Crippen LogP contribution in [0.2, 0.25) is 0 Å². The van der Waals surface area contributed by atoms with Crippen LogP contribution in [0.4, 0.5) is 4.39 Å². The molecule has 0 bridgehead atoms. The molecule has 16 heavy (non-hydrogen) atoms. The molecule has 0 atom stereocenters. The van der Waals surface area contributed by atoms with Gasteiger partial charge in [-0.2, -0.15) is 0 Å². The van der Waals surface area contributed by atoms with E-state index in [1.54, 1.807) is 19.2 Å². The SMILES string of the molecule is CCOC(=O)c1cc(F)cc2ccncc12. The minimum absolute atomic E-state index is 0.213. The van der Waals surface area contributed by atoms with Gasteiger partial charge in [-0.25, -0.2) is 9.18 Å². The van der Waals surface area contributed by atoms with E-state index in [0.717, 1.165) is 0 Å². The third-order valence-corrected chi connectivity index (χ3v) is 2.22. The van der Waals surface area contributed by atoms with E-state index in [1.807, 2.05) is 0 Å². The van der Waals surface area contributed by atoms with Gasteiger partial charge in [0.2, 0.25) is 0 Å². The van der Waals surface area contributed by atoms with Crippen molar-refractivity contribution in [2.24, 2.45) is 0 Å². The molecule has 0 N–H and O–H groups in total. The molecule has 2 rings (SSSR count). The molecule has 1 aromatic carbocycles. The van der Waals surface area contributed by atoms with Gasteiger partial charge in [0.05, 0.1) is 12.2 Å². The third kappa shape index (κ3) is 1.86. The second-order valence-electron chi connectivity index (χ2n) is 3.27. The zero-order chi connectivity index (χ0) is 11.5. The van der Waals surface area contributed by atoms with Gasteiger partial charge < -0.3 is 4.74 Å². The van der Waals surface area contributed by atoms with Gasteiger partial charge in [0, 0.05) is 17.8 Å². The number of hydrogen-bond acceptors (Lipinski definition) is 3. The first-order valence-electron chi connectivity index (χ1n) is 4.92. The predicted molar refractivity (Wildman–Crippen MR) is 57.7 cm³/mol. The van der Waals surface area contributed by atoms with Gasteiger partial charge in [-0.15, -0.1) is 0 Å². The number of carbonyl (C=O) groups excluding carboxylic acids is 1. The second-order valence-corrected chi connectivity index (χ2v) is 3.27. The van der Waals surface area contributed by atoms with Crippen molar-refractivity contribution in [2.45, 2.75) is 6.92 Å². The molecule has 0 aliphatic rings. The molecule has 0 fully saturated rings. The van der Waals surface area contributed by atoms with Crippen molar-refractivity contribution in [1.29, 1.82) is 0 Å². The van der Waals surface area contributed by atoms with E-state index in [0.29, 0.717) is 10.8 Å². The Morgan fingerprint density at radius 3 is 3.06 bits per heavy atom. The minimum atomic E-state index is -0.528. The number of benzene rings is 1. The van der Waals surface area contributed by atoms with Gasteiger partial charge in [0.15, 0.2) is 0 Å². The fourth-order valence-corrected chi connectivity index (χ4v) is 1.54. The highest BCUT2D eigenvalue weighted by Gasteiger charge is 2.12. The van der Waals surface area contributed by atoms with Crippen molar-refractivity contribution in [1.82, 2.24) is 4.98 Å². The maximum atomic E-state index is 13.3. The number of ether oxygens (including phenoxy) is 1. The maximum absolute atomic E-state index is 13.3. The molecule has 0 spiro atoms. The van der Waals surface area contributed by atoms with Crippen molar-refractivity contribution in [3.05, 3.63) is 42.0 Å². The lowest BCUT2D eigenvalue weighted by atomic mass is 10.1. The number of halogens is 1. The fraction of sp³-hybridized carbons (Fsp3) is 0.167. The normalized spacial score (nSPS) is 10.4.